The number of carboxylic acids is 2. The van der Waals surface area contributed by atoms with Gasteiger partial charge >= 0.3 is 11.9 Å². The van der Waals surface area contributed by atoms with Crippen molar-refractivity contribution in [3.63, 3.8) is 0 Å². The Morgan fingerprint density at radius 2 is 1.45 bits per heavy atom. The second kappa shape index (κ2) is 8.57. The summed E-state index contributed by atoms with van der Waals surface area (Å²) in [5.41, 5.74) is 1.91. The van der Waals surface area contributed by atoms with Crippen molar-refractivity contribution in [1.29, 1.82) is 0 Å². The Balaban J connectivity index is 3.30. The number of rotatable bonds is 9. The highest BCUT2D eigenvalue weighted by atomic mass is 16.4. The van der Waals surface area contributed by atoms with Crippen molar-refractivity contribution in [2.24, 2.45) is 5.92 Å². The largest absolute Gasteiger partial charge is 0.478 e. The molecule has 1 aromatic rings. The first-order valence-electron chi connectivity index (χ1n) is 7.99. The van der Waals surface area contributed by atoms with Crippen LogP contribution in [-0.4, -0.2) is 22.2 Å². The highest BCUT2D eigenvalue weighted by molar-refractivity contribution is 5.95. The molecule has 0 aliphatic heterocycles. The Morgan fingerprint density at radius 3 is 1.86 bits per heavy atom. The lowest BCUT2D eigenvalue weighted by molar-refractivity contribution is 0.0679. The standard InChI is InChI=1S/C18H26O4/c1-4-5-6-7-13-14(9-8-12(2)3)16(18(21)22)11-10-15(13)17(19)20/h10-12H,4-9H2,1-3H3,(H,19,20)(H,21,22). The molecule has 4 nitrogen and oxygen atoms in total. The van der Waals surface area contributed by atoms with Crippen LogP contribution in [0.2, 0.25) is 0 Å². The number of unbranched alkanes of at least 4 members (excludes halogenated alkanes) is 2. The van der Waals surface area contributed by atoms with Crippen LogP contribution in [0, 0.1) is 5.92 Å². The van der Waals surface area contributed by atoms with Crippen molar-refractivity contribution < 1.29 is 19.8 Å². The van der Waals surface area contributed by atoms with Crippen molar-refractivity contribution in [1.82, 2.24) is 0 Å². The van der Waals surface area contributed by atoms with Crippen molar-refractivity contribution in [3.05, 3.63) is 34.4 Å². The summed E-state index contributed by atoms with van der Waals surface area (Å²) in [7, 11) is 0. The summed E-state index contributed by atoms with van der Waals surface area (Å²) in [5, 5.41) is 18.8. The predicted molar refractivity (Wildman–Crippen MR) is 86.7 cm³/mol. The molecule has 0 radical (unpaired) electrons. The van der Waals surface area contributed by atoms with Crippen molar-refractivity contribution in [2.45, 2.75) is 59.3 Å². The Morgan fingerprint density at radius 1 is 0.955 bits per heavy atom. The molecule has 0 unspecified atom stereocenters. The van der Waals surface area contributed by atoms with Crippen LogP contribution in [0.5, 0.6) is 0 Å². The molecule has 0 aromatic heterocycles. The molecule has 4 heteroatoms. The van der Waals surface area contributed by atoms with Gasteiger partial charge in [-0.25, -0.2) is 9.59 Å². The third kappa shape index (κ3) is 4.86. The molecule has 1 aromatic carbocycles. The molecule has 2 N–H and O–H groups in total. The molecule has 0 aliphatic rings. The minimum atomic E-state index is -0.979. The third-order valence-corrected chi connectivity index (χ3v) is 3.89. The molecule has 0 heterocycles. The summed E-state index contributed by atoms with van der Waals surface area (Å²) < 4.78 is 0. The van der Waals surface area contributed by atoms with Gasteiger partial charge in [-0.15, -0.1) is 0 Å². The number of carbonyl (C=O) groups is 2. The van der Waals surface area contributed by atoms with Gasteiger partial charge in [-0.3, -0.25) is 0 Å². The van der Waals surface area contributed by atoms with Gasteiger partial charge in [-0.2, -0.15) is 0 Å². The van der Waals surface area contributed by atoms with E-state index in [0.717, 1.165) is 25.7 Å². The van der Waals surface area contributed by atoms with Gasteiger partial charge in [-0.1, -0.05) is 33.6 Å². The van der Waals surface area contributed by atoms with Crippen LogP contribution in [0.25, 0.3) is 0 Å². The van der Waals surface area contributed by atoms with Crippen LogP contribution in [0.4, 0.5) is 0 Å². The molecule has 0 fully saturated rings. The van der Waals surface area contributed by atoms with E-state index >= 15 is 0 Å². The number of hydrogen-bond donors (Lipinski definition) is 2. The number of aromatic carboxylic acids is 2. The zero-order chi connectivity index (χ0) is 16.7. The Hall–Kier alpha value is -1.84. The van der Waals surface area contributed by atoms with Crippen molar-refractivity contribution in [3.8, 4) is 0 Å². The second-order valence-electron chi connectivity index (χ2n) is 6.12. The quantitative estimate of drug-likeness (QED) is 0.663. The molecule has 0 amide bonds. The summed E-state index contributed by atoms with van der Waals surface area (Å²) in [6, 6.07) is 2.87. The Kier molecular flexibility index (Phi) is 7.09. The average Bonchev–Trinajstić information content (AvgIpc) is 2.44. The minimum Gasteiger partial charge on any atom is -0.478 e. The highest BCUT2D eigenvalue weighted by Gasteiger charge is 2.20. The first-order valence-corrected chi connectivity index (χ1v) is 7.99. The smallest absolute Gasteiger partial charge is 0.335 e. The van der Waals surface area contributed by atoms with Gasteiger partial charge in [0, 0.05) is 0 Å². The van der Waals surface area contributed by atoms with Crippen LogP contribution >= 0.6 is 0 Å². The lowest BCUT2D eigenvalue weighted by Crippen LogP contribution is -2.13. The van der Waals surface area contributed by atoms with E-state index in [4.69, 9.17) is 0 Å². The van der Waals surface area contributed by atoms with Gasteiger partial charge in [0.25, 0.3) is 0 Å². The summed E-state index contributed by atoms with van der Waals surface area (Å²) in [5.74, 6) is -1.51. The third-order valence-electron chi connectivity index (χ3n) is 3.89. The fourth-order valence-electron chi connectivity index (χ4n) is 2.65. The SMILES string of the molecule is CCCCCc1c(C(=O)O)ccc(C(=O)O)c1CCC(C)C. The van der Waals surface area contributed by atoms with Crippen molar-refractivity contribution >= 4 is 11.9 Å². The topological polar surface area (TPSA) is 74.6 Å². The van der Waals surface area contributed by atoms with E-state index in [1.165, 1.54) is 12.1 Å². The lowest BCUT2D eigenvalue weighted by Gasteiger charge is -2.16. The first kappa shape index (κ1) is 18.2. The summed E-state index contributed by atoms with van der Waals surface area (Å²) >= 11 is 0. The monoisotopic (exact) mass is 306 g/mol. The van der Waals surface area contributed by atoms with E-state index in [9.17, 15) is 19.8 Å². The normalized spacial score (nSPS) is 10.9. The lowest BCUT2D eigenvalue weighted by atomic mass is 9.88. The van der Waals surface area contributed by atoms with Crippen LogP contribution in [-0.2, 0) is 12.8 Å². The fraction of sp³-hybridized carbons (Fsp3) is 0.556. The van der Waals surface area contributed by atoms with Crippen LogP contribution in [0.15, 0.2) is 12.1 Å². The van der Waals surface area contributed by atoms with E-state index < -0.39 is 11.9 Å². The fourth-order valence-corrected chi connectivity index (χ4v) is 2.65. The molecule has 0 saturated heterocycles. The predicted octanol–water partition coefficient (Wildman–Crippen LogP) is 4.40. The maximum Gasteiger partial charge on any atom is 0.335 e. The molecule has 22 heavy (non-hydrogen) atoms. The molecule has 1 rings (SSSR count). The van der Waals surface area contributed by atoms with Crippen LogP contribution in [0.3, 0.4) is 0 Å². The van der Waals surface area contributed by atoms with Gasteiger partial charge in [0.1, 0.15) is 0 Å². The molecule has 0 atom stereocenters. The first-order chi connectivity index (χ1) is 10.4. The maximum absolute atomic E-state index is 11.5. The zero-order valence-electron chi connectivity index (χ0n) is 13.7. The van der Waals surface area contributed by atoms with Gasteiger partial charge < -0.3 is 10.2 Å². The maximum atomic E-state index is 11.5. The molecule has 0 spiro atoms. The minimum absolute atomic E-state index is 0.247. The second-order valence-corrected chi connectivity index (χ2v) is 6.12. The van der Waals surface area contributed by atoms with Gasteiger partial charge in [-0.05, 0) is 54.9 Å². The van der Waals surface area contributed by atoms with Gasteiger partial charge in [0.15, 0.2) is 0 Å². The summed E-state index contributed by atoms with van der Waals surface area (Å²) in [6.07, 6.45) is 5.03. The summed E-state index contributed by atoms with van der Waals surface area (Å²) in [6.45, 7) is 6.25. The Bertz CT molecular complexity index is 532. The molecule has 0 saturated carbocycles. The van der Waals surface area contributed by atoms with Gasteiger partial charge in [0.05, 0.1) is 11.1 Å². The van der Waals surface area contributed by atoms with E-state index in [1.54, 1.807) is 0 Å². The summed E-state index contributed by atoms with van der Waals surface area (Å²) in [4.78, 5) is 23.0. The van der Waals surface area contributed by atoms with E-state index in [1.807, 2.05) is 0 Å². The van der Waals surface area contributed by atoms with Crippen molar-refractivity contribution in [2.75, 3.05) is 0 Å². The van der Waals surface area contributed by atoms with Crippen LogP contribution < -0.4 is 0 Å². The van der Waals surface area contributed by atoms with E-state index in [0.29, 0.717) is 29.9 Å². The Labute approximate surface area is 132 Å². The number of carboxylic acid groups (broad SMARTS) is 2. The zero-order valence-corrected chi connectivity index (χ0v) is 13.7. The van der Waals surface area contributed by atoms with Crippen LogP contribution in [0.1, 0.15) is 78.3 Å². The van der Waals surface area contributed by atoms with Gasteiger partial charge in [0.2, 0.25) is 0 Å². The number of hydrogen-bond acceptors (Lipinski definition) is 2. The van der Waals surface area contributed by atoms with E-state index in [2.05, 4.69) is 20.8 Å². The van der Waals surface area contributed by atoms with E-state index in [-0.39, 0.29) is 11.1 Å². The highest BCUT2D eigenvalue weighted by Crippen LogP contribution is 2.25. The molecular formula is C18H26O4. The molecular weight excluding hydrogens is 280 g/mol. The number of benzene rings is 1. The molecule has 0 aliphatic carbocycles. The average molecular weight is 306 g/mol. The molecule has 0 bridgehead atoms. The molecule has 122 valence electrons.